The Labute approximate surface area is 322 Å². The summed E-state index contributed by atoms with van der Waals surface area (Å²) in [7, 11) is 0. The quantitative estimate of drug-likeness (QED) is 0.172. The molecule has 0 unspecified atom stereocenters. The van der Waals surface area contributed by atoms with Gasteiger partial charge in [-0.05, 0) is 64.7 Å². The molecule has 5 nitrogen and oxygen atoms in total. The Balaban J connectivity index is 1.07. The van der Waals surface area contributed by atoms with Gasteiger partial charge in [0.1, 0.15) is 11.2 Å². The summed E-state index contributed by atoms with van der Waals surface area (Å²) in [6, 6.07) is 67.4. The van der Waals surface area contributed by atoms with Gasteiger partial charge in [0, 0.05) is 50.0 Å². The SMILES string of the molecule is c1ccc(-c2cccc(-c3nc(-c4ccccc4)nc(-c4cccc5oc6cc(-n7c8ccccc8c8cc(-c9ccccc9)ccc87)ccc6c45)n3)c2)cc1. The van der Waals surface area contributed by atoms with Crippen LogP contribution in [-0.4, -0.2) is 19.5 Å². The van der Waals surface area contributed by atoms with Crippen LogP contribution in [0.25, 0.3) is 106 Å². The lowest BCUT2D eigenvalue weighted by Gasteiger charge is -2.10. The summed E-state index contributed by atoms with van der Waals surface area (Å²) >= 11 is 0. The van der Waals surface area contributed by atoms with Crippen molar-refractivity contribution in [2.75, 3.05) is 0 Å². The number of benzene rings is 8. The molecule has 0 fully saturated rings. The molecule has 0 N–H and O–H groups in total. The van der Waals surface area contributed by atoms with E-state index < -0.39 is 0 Å². The first-order chi connectivity index (χ1) is 27.7. The van der Waals surface area contributed by atoms with Crippen LogP contribution in [0.1, 0.15) is 0 Å². The summed E-state index contributed by atoms with van der Waals surface area (Å²) < 4.78 is 9.00. The number of rotatable bonds is 6. The molecule has 0 saturated heterocycles. The molecule has 11 aromatic rings. The number of nitrogens with zero attached hydrogens (tertiary/aromatic N) is 4. The van der Waals surface area contributed by atoms with Crippen LogP contribution in [0.2, 0.25) is 0 Å². The van der Waals surface area contributed by atoms with E-state index in [4.69, 9.17) is 19.4 Å². The van der Waals surface area contributed by atoms with Crippen LogP contribution >= 0.6 is 0 Å². The maximum absolute atomic E-state index is 6.66. The van der Waals surface area contributed by atoms with Gasteiger partial charge in [-0.1, -0.05) is 146 Å². The van der Waals surface area contributed by atoms with Crippen LogP contribution in [0.3, 0.4) is 0 Å². The summed E-state index contributed by atoms with van der Waals surface area (Å²) in [4.78, 5) is 15.3. The van der Waals surface area contributed by atoms with Gasteiger partial charge in [-0.15, -0.1) is 0 Å². The van der Waals surface area contributed by atoms with Crippen LogP contribution in [0.15, 0.2) is 199 Å². The van der Waals surface area contributed by atoms with Crippen molar-refractivity contribution in [3.05, 3.63) is 194 Å². The number of hydrogen-bond acceptors (Lipinski definition) is 4. The molecule has 3 aromatic heterocycles. The van der Waals surface area contributed by atoms with E-state index in [2.05, 4.69) is 150 Å². The molecule has 11 rings (SSSR count). The molecule has 3 heterocycles. The molecule has 56 heavy (non-hydrogen) atoms. The van der Waals surface area contributed by atoms with Gasteiger partial charge in [-0.2, -0.15) is 0 Å². The second kappa shape index (κ2) is 13.0. The van der Waals surface area contributed by atoms with Crippen LogP contribution in [0, 0.1) is 0 Å². The second-order valence-electron chi connectivity index (χ2n) is 14.0. The van der Waals surface area contributed by atoms with E-state index in [9.17, 15) is 0 Å². The smallest absolute Gasteiger partial charge is 0.164 e. The van der Waals surface area contributed by atoms with Crippen LogP contribution in [0.5, 0.6) is 0 Å². The maximum atomic E-state index is 6.66. The Morgan fingerprint density at radius 3 is 1.70 bits per heavy atom. The fraction of sp³-hybridized carbons (Fsp3) is 0. The van der Waals surface area contributed by atoms with Gasteiger partial charge < -0.3 is 8.98 Å². The van der Waals surface area contributed by atoms with Crippen molar-refractivity contribution in [1.29, 1.82) is 0 Å². The van der Waals surface area contributed by atoms with Crippen molar-refractivity contribution in [1.82, 2.24) is 19.5 Å². The van der Waals surface area contributed by atoms with Crippen molar-refractivity contribution in [3.8, 4) is 62.1 Å². The zero-order chi connectivity index (χ0) is 37.0. The topological polar surface area (TPSA) is 56.7 Å². The van der Waals surface area contributed by atoms with Crippen molar-refractivity contribution >= 4 is 43.7 Å². The normalized spacial score (nSPS) is 11.6. The van der Waals surface area contributed by atoms with Gasteiger partial charge >= 0.3 is 0 Å². The molecular weight excluding hydrogens is 685 g/mol. The molecule has 0 aliphatic rings. The lowest BCUT2D eigenvalue weighted by Crippen LogP contribution is -2.00. The van der Waals surface area contributed by atoms with E-state index >= 15 is 0 Å². The van der Waals surface area contributed by atoms with Crippen molar-refractivity contribution in [3.63, 3.8) is 0 Å². The van der Waals surface area contributed by atoms with E-state index in [-0.39, 0.29) is 0 Å². The number of furan rings is 1. The zero-order valence-corrected chi connectivity index (χ0v) is 30.2. The number of hydrogen-bond donors (Lipinski definition) is 0. The van der Waals surface area contributed by atoms with Crippen molar-refractivity contribution in [2.24, 2.45) is 0 Å². The van der Waals surface area contributed by atoms with Gasteiger partial charge in [0.05, 0.1) is 11.0 Å². The Hall–Kier alpha value is -7.63. The predicted octanol–water partition coefficient (Wildman–Crippen LogP) is 13.2. The number of para-hydroxylation sites is 1. The molecule has 0 saturated carbocycles. The summed E-state index contributed by atoms with van der Waals surface area (Å²) in [5, 5.41) is 4.39. The predicted molar refractivity (Wildman–Crippen MR) is 229 cm³/mol. The fourth-order valence-electron chi connectivity index (χ4n) is 8.01. The minimum Gasteiger partial charge on any atom is -0.456 e. The highest BCUT2D eigenvalue weighted by Gasteiger charge is 2.20. The monoisotopic (exact) mass is 716 g/mol. The van der Waals surface area contributed by atoms with E-state index in [0.717, 1.165) is 66.5 Å². The largest absolute Gasteiger partial charge is 0.456 e. The molecule has 0 aliphatic heterocycles. The Bertz CT molecular complexity index is 3240. The van der Waals surface area contributed by atoms with Gasteiger partial charge in [-0.25, -0.2) is 15.0 Å². The second-order valence-corrected chi connectivity index (χ2v) is 14.0. The Kier molecular flexibility index (Phi) is 7.42. The number of aromatic nitrogens is 4. The van der Waals surface area contributed by atoms with Gasteiger partial charge in [0.2, 0.25) is 0 Å². The summed E-state index contributed by atoms with van der Waals surface area (Å²) in [6.07, 6.45) is 0. The third-order valence-corrected chi connectivity index (χ3v) is 10.7. The highest BCUT2D eigenvalue weighted by Crippen LogP contribution is 2.40. The Morgan fingerprint density at radius 2 is 0.929 bits per heavy atom. The number of fused-ring (bicyclic) bond motifs is 6. The van der Waals surface area contributed by atoms with Gasteiger partial charge in [-0.3, -0.25) is 0 Å². The summed E-state index contributed by atoms with van der Waals surface area (Å²) in [6.45, 7) is 0. The first kappa shape index (κ1) is 31.9. The minimum absolute atomic E-state index is 0.591. The summed E-state index contributed by atoms with van der Waals surface area (Å²) in [5.41, 5.74) is 12.3. The van der Waals surface area contributed by atoms with E-state index in [0.29, 0.717) is 17.5 Å². The molecule has 0 radical (unpaired) electrons. The van der Waals surface area contributed by atoms with Gasteiger partial charge in [0.25, 0.3) is 0 Å². The van der Waals surface area contributed by atoms with Gasteiger partial charge in [0.15, 0.2) is 17.5 Å². The maximum Gasteiger partial charge on any atom is 0.164 e. The van der Waals surface area contributed by atoms with Crippen molar-refractivity contribution < 1.29 is 4.42 Å². The zero-order valence-electron chi connectivity index (χ0n) is 30.2. The molecule has 262 valence electrons. The van der Waals surface area contributed by atoms with Crippen LogP contribution in [0.4, 0.5) is 0 Å². The third kappa shape index (κ3) is 5.37. The third-order valence-electron chi connectivity index (χ3n) is 10.7. The van der Waals surface area contributed by atoms with E-state index in [1.165, 1.54) is 21.9 Å². The average molecular weight is 717 g/mol. The molecular formula is C51H32N4O. The van der Waals surface area contributed by atoms with E-state index in [1.54, 1.807) is 0 Å². The molecule has 8 aromatic carbocycles. The molecule has 0 spiro atoms. The first-order valence-electron chi connectivity index (χ1n) is 18.8. The standard InChI is InChI=1S/C51H32N4O/c1-4-14-33(15-5-1)36-20-12-21-38(30-36)50-52-49(35-18-8-3-9-19-35)53-51(54-50)42-23-13-25-46-48(42)41-28-27-39(32-47(41)56-46)55-44-24-11-10-22-40(44)43-31-37(26-29-45(43)55)34-16-6-2-7-17-34/h1-32H. The van der Waals surface area contributed by atoms with Crippen LogP contribution in [-0.2, 0) is 0 Å². The fourth-order valence-corrected chi connectivity index (χ4v) is 8.01. The highest BCUT2D eigenvalue weighted by molar-refractivity contribution is 6.13. The highest BCUT2D eigenvalue weighted by atomic mass is 16.3. The molecule has 0 amide bonds. The Morgan fingerprint density at radius 1 is 0.339 bits per heavy atom. The molecule has 0 aliphatic carbocycles. The van der Waals surface area contributed by atoms with E-state index in [1.807, 2.05) is 48.5 Å². The lowest BCUT2D eigenvalue weighted by molar-refractivity contribution is 0.668. The lowest BCUT2D eigenvalue weighted by atomic mass is 10.0. The first-order valence-corrected chi connectivity index (χ1v) is 18.8. The molecule has 0 bridgehead atoms. The van der Waals surface area contributed by atoms with Crippen molar-refractivity contribution in [2.45, 2.75) is 0 Å². The minimum atomic E-state index is 0.591. The summed E-state index contributed by atoms with van der Waals surface area (Å²) in [5.74, 6) is 1.82. The average Bonchev–Trinajstić information content (AvgIpc) is 3.82. The van der Waals surface area contributed by atoms with Crippen LogP contribution < -0.4 is 0 Å². The molecule has 5 heteroatoms. The molecule has 0 atom stereocenters.